The highest BCUT2D eigenvalue weighted by Crippen LogP contribution is 2.14. The van der Waals surface area contributed by atoms with E-state index in [0.29, 0.717) is 6.42 Å². The number of carbonyl (C=O) groups excluding carboxylic acids is 1. The first kappa shape index (κ1) is 12.2. The van der Waals surface area contributed by atoms with Gasteiger partial charge in [-0.15, -0.1) is 0 Å². The minimum Gasteiger partial charge on any atom is -0.300 e. The van der Waals surface area contributed by atoms with E-state index in [-0.39, 0.29) is 11.7 Å². The summed E-state index contributed by atoms with van der Waals surface area (Å²) in [6, 6.07) is 2.26. The molecule has 0 bridgehead atoms. The Morgan fingerprint density at radius 3 is 2.54 bits per heavy atom. The summed E-state index contributed by atoms with van der Waals surface area (Å²) in [5, 5.41) is 8.78. The quantitative estimate of drug-likeness (QED) is 0.566. The molecule has 0 heterocycles. The summed E-state index contributed by atoms with van der Waals surface area (Å²) in [7, 11) is 0. The molecule has 1 atom stereocenters. The standard InChI is InChI=1S/C11H19NO/c1-3-4-5-6-11(9-12)8-7-10(2)13/h11H,3-8H2,1-2H3/t11-/m0/s1. The van der Waals surface area contributed by atoms with Crippen LogP contribution in [-0.4, -0.2) is 5.78 Å². The van der Waals surface area contributed by atoms with Crippen LogP contribution in [0.4, 0.5) is 0 Å². The van der Waals surface area contributed by atoms with E-state index in [9.17, 15) is 4.79 Å². The fraction of sp³-hybridized carbons (Fsp3) is 0.818. The highest BCUT2D eigenvalue weighted by Gasteiger charge is 2.07. The number of hydrogen-bond acceptors (Lipinski definition) is 2. The number of nitrogens with zero attached hydrogens (tertiary/aromatic N) is 1. The van der Waals surface area contributed by atoms with E-state index in [0.717, 1.165) is 19.3 Å². The second kappa shape index (κ2) is 7.79. The average Bonchev–Trinajstić information content (AvgIpc) is 2.10. The Labute approximate surface area is 80.9 Å². The molecule has 0 aromatic rings. The number of hydrogen-bond donors (Lipinski definition) is 0. The topological polar surface area (TPSA) is 40.9 Å². The van der Waals surface area contributed by atoms with Crippen LogP contribution in [0.5, 0.6) is 0 Å². The maximum atomic E-state index is 10.7. The third-order valence-electron chi connectivity index (χ3n) is 2.18. The van der Waals surface area contributed by atoms with Gasteiger partial charge in [0, 0.05) is 12.3 Å². The number of nitriles is 1. The molecule has 0 rings (SSSR count). The minimum absolute atomic E-state index is 0.0930. The first-order valence-electron chi connectivity index (χ1n) is 5.09. The zero-order valence-electron chi connectivity index (χ0n) is 8.68. The van der Waals surface area contributed by atoms with Crippen LogP contribution in [0.15, 0.2) is 0 Å². The van der Waals surface area contributed by atoms with E-state index in [1.165, 1.54) is 12.8 Å². The van der Waals surface area contributed by atoms with Gasteiger partial charge in [0.25, 0.3) is 0 Å². The van der Waals surface area contributed by atoms with Gasteiger partial charge in [-0.1, -0.05) is 26.2 Å². The molecule has 0 saturated heterocycles. The molecule has 2 nitrogen and oxygen atoms in total. The van der Waals surface area contributed by atoms with Crippen LogP contribution in [0.1, 0.15) is 52.4 Å². The van der Waals surface area contributed by atoms with E-state index in [4.69, 9.17) is 5.26 Å². The molecule has 0 fully saturated rings. The van der Waals surface area contributed by atoms with Gasteiger partial charge in [-0.05, 0) is 19.8 Å². The van der Waals surface area contributed by atoms with Gasteiger partial charge in [0.1, 0.15) is 5.78 Å². The number of carbonyl (C=O) groups is 1. The SMILES string of the molecule is CCCCC[C@H](C#N)CCC(C)=O. The molecule has 2 heteroatoms. The van der Waals surface area contributed by atoms with Crippen molar-refractivity contribution >= 4 is 5.78 Å². The summed E-state index contributed by atoms with van der Waals surface area (Å²) in [5.41, 5.74) is 0. The van der Waals surface area contributed by atoms with Crippen molar-refractivity contribution in [3.63, 3.8) is 0 Å². The fourth-order valence-corrected chi connectivity index (χ4v) is 1.29. The molecule has 0 aliphatic rings. The lowest BCUT2D eigenvalue weighted by atomic mass is 9.97. The number of ketones is 1. The Balaban J connectivity index is 3.53. The predicted molar refractivity (Wildman–Crippen MR) is 53.2 cm³/mol. The minimum atomic E-state index is 0.0930. The largest absolute Gasteiger partial charge is 0.300 e. The van der Waals surface area contributed by atoms with Gasteiger partial charge in [0.2, 0.25) is 0 Å². The van der Waals surface area contributed by atoms with E-state index in [1.54, 1.807) is 6.92 Å². The third-order valence-corrected chi connectivity index (χ3v) is 2.18. The predicted octanol–water partition coefficient (Wildman–Crippen LogP) is 3.08. The second-order valence-corrected chi connectivity index (χ2v) is 3.56. The van der Waals surface area contributed by atoms with Crippen LogP contribution in [0.25, 0.3) is 0 Å². The molecule has 74 valence electrons. The maximum Gasteiger partial charge on any atom is 0.129 e. The Hall–Kier alpha value is -0.840. The zero-order chi connectivity index (χ0) is 10.1. The molecule has 0 spiro atoms. The Morgan fingerprint density at radius 2 is 2.08 bits per heavy atom. The second-order valence-electron chi connectivity index (χ2n) is 3.56. The molecule has 0 aromatic carbocycles. The lowest BCUT2D eigenvalue weighted by molar-refractivity contribution is -0.117. The molecule has 0 radical (unpaired) electrons. The maximum absolute atomic E-state index is 10.7. The number of unbranched alkanes of at least 4 members (excludes halogenated alkanes) is 2. The Morgan fingerprint density at radius 1 is 1.38 bits per heavy atom. The summed E-state index contributed by atoms with van der Waals surface area (Å²) in [5.74, 6) is 0.284. The summed E-state index contributed by atoms with van der Waals surface area (Å²) < 4.78 is 0. The molecule has 0 N–H and O–H groups in total. The molecule has 0 aliphatic carbocycles. The monoisotopic (exact) mass is 181 g/mol. The van der Waals surface area contributed by atoms with Gasteiger partial charge in [0.15, 0.2) is 0 Å². The van der Waals surface area contributed by atoms with Crippen molar-refractivity contribution in [2.75, 3.05) is 0 Å². The van der Waals surface area contributed by atoms with Gasteiger partial charge < -0.3 is 4.79 Å². The third kappa shape index (κ3) is 7.52. The van der Waals surface area contributed by atoms with Crippen LogP contribution >= 0.6 is 0 Å². The van der Waals surface area contributed by atoms with Gasteiger partial charge in [-0.3, -0.25) is 0 Å². The number of Topliss-reactive ketones (excluding diaryl/α,β-unsaturated/α-hetero) is 1. The van der Waals surface area contributed by atoms with Gasteiger partial charge in [0.05, 0.1) is 6.07 Å². The molecule has 0 amide bonds. The first-order chi connectivity index (χ1) is 6.20. The lowest BCUT2D eigenvalue weighted by Gasteiger charge is -2.06. The van der Waals surface area contributed by atoms with E-state index in [2.05, 4.69) is 13.0 Å². The van der Waals surface area contributed by atoms with Crippen molar-refractivity contribution in [1.82, 2.24) is 0 Å². The lowest BCUT2D eigenvalue weighted by Crippen LogP contribution is -2.00. The van der Waals surface area contributed by atoms with Crippen molar-refractivity contribution < 1.29 is 4.79 Å². The highest BCUT2D eigenvalue weighted by molar-refractivity contribution is 5.75. The Bertz CT molecular complexity index is 181. The molecular weight excluding hydrogens is 162 g/mol. The molecule has 0 aliphatic heterocycles. The van der Waals surface area contributed by atoms with E-state index >= 15 is 0 Å². The van der Waals surface area contributed by atoms with Gasteiger partial charge >= 0.3 is 0 Å². The first-order valence-corrected chi connectivity index (χ1v) is 5.09. The van der Waals surface area contributed by atoms with Crippen molar-refractivity contribution in [1.29, 1.82) is 5.26 Å². The van der Waals surface area contributed by atoms with Crippen molar-refractivity contribution in [2.45, 2.75) is 52.4 Å². The van der Waals surface area contributed by atoms with Crippen LogP contribution in [0.2, 0.25) is 0 Å². The van der Waals surface area contributed by atoms with Crippen LogP contribution < -0.4 is 0 Å². The van der Waals surface area contributed by atoms with Crippen molar-refractivity contribution in [2.24, 2.45) is 5.92 Å². The highest BCUT2D eigenvalue weighted by atomic mass is 16.1. The summed E-state index contributed by atoms with van der Waals surface area (Å²) in [4.78, 5) is 10.7. The molecule has 0 saturated carbocycles. The molecule has 0 aromatic heterocycles. The number of rotatable bonds is 7. The van der Waals surface area contributed by atoms with Crippen molar-refractivity contribution in [3.05, 3.63) is 0 Å². The normalized spacial score (nSPS) is 12.1. The summed E-state index contributed by atoms with van der Waals surface area (Å²) in [6.45, 7) is 3.73. The molecular formula is C11H19NO. The summed E-state index contributed by atoms with van der Waals surface area (Å²) >= 11 is 0. The smallest absolute Gasteiger partial charge is 0.129 e. The van der Waals surface area contributed by atoms with Crippen LogP contribution in [0, 0.1) is 17.2 Å². The van der Waals surface area contributed by atoms with E-state index < -0.39 is 0 Å². The Kier molecular flexibility index (Phi) is 7.29. The summed E-state index contributed by atoms with van der Waals surface area (Å²) in [6.07, 6.45) is 5.76. The molecule has 0 unspecified atom stereocenters. The van der Waals surface area contributed by atoms with Crippen LogP contribution in [0.3, 0.4) is 0 Å². The molecule has 13 heavy (non-hydrogen) atoms. The van der Waals surface area contributed by atoms with Gasteiger partial charge in [-0.2, -0.15) is 5.26 Å². The fourth-order valence-electron chi connectivity index (χ4n) is 1.29. The zero-order valence-corrected chi connectivity index (χ0v) is 8.68. The van der Waals surface area contributed by atoms with Gasteiger partial charge in [-0.25, -0.2) is 0 Å². The average molecular weight is 181 g/mol. The van der Waals surface area contributed by atoms with E-state index in [1.807, 2.05) is 0 Å². The van der Waals surface area contributed by atoms with Crippen molar-refractivity contribution in [3.8, 4) is 6.07 Å². The van der Waals surface area contributed by atoms with Crippen LogP contribution in [-0.2, 0) is 4.79 Å².